The van der Waals surface area contributed by atoms with E-state index >= 15 is 0 Å². The lowest BCUT2D eigenvalue weighted by atomic mass is 9.96. The van der Waals surface area contributed by atoms with Crippen molar-refractivity contribution >= 4 is 15.7 Å². The Morgan fingerprint density at radius 2 is 1.78 bits per heavy atom. The summed E-state index contributed by atoms with van der Waals surface area (Å²) >= 11 is 0. The summed E-state index contributed by atoms with van der Waals surface area (Å²) in [5, 5.41) is 0. The predicted molar refractivity (Wildman–Crippen MR) is 102 cm³/mol. The maximum Gasteiger partial charge on any atom is 0.223 e. The Balaban J connectivity index is 1.37. The Morgan fingerprint density at radius 3 is 2.33 bits per heavy atom. The van der Waals surface area contributed by atoms with Crippen molar-refractivity contribution in [3.05, 3.63) is 48.5 Å². The van der Waals surface area contributed by atoms with Crippen LogP contribution in [-0.4, -0.2) is 47.1 Å². The minimum absolute atomic E-state index is 0.221. The molecular weight excluding hydrogens is 362 g/mol. The minimum atomic E-state index is -3.18. The van der Waals surface area contributed by atoms with Crippen LogP contribution in [0.25, 0.3) is 0 Å². The van der Waals surface area contributed by atoms with Crippen LogP contribution in [0.1, 0.15) is 43.7 Å². The molecule has 1 aromatic carbocycles. The van der Waals surface area contributed by atoms with Gasteiger partial charge in [0.2, 0.25) is 5.91 Å². The first-order valence-corrected chi connectivity index (χ1v) is 11.4. The number of benzene rings is 1. The fraction of sp³-hybridized carbons (Fsp3) is 0.500. The molecule has 2 aromatic rings. The summed E-state index contributed by atoms with van der Waals surface area (Å²) in [4.78, 5) is 19.5. The highest BCUT2D eigenvalue weighted by molar-refractivity contribution is 7.90. The molecule has 2 saturated heterocycles. The number of imidazole rings is 1. The number of aromatic nitrogens is 2. The van der Waals surface area contributed by atoms with Gasteiger partial charge in [-0.2, -0.15) is 0 Å². The number of hydrogen-bond donors (Lipinski definition) is 0. The van der Waals surface area contributed by atoms with Crippen molar-refractivity contribution < 1.29 is 13.2 Å². The van der Waals surface area contributed by atoms with Gasteiger partial charge < -0.3 is 9.47 Å². The topological polar surface area (TPSA) is 72.3 Å². The number of amides is 1. The highest BCUT2D eigenvalue weighted by atomic mass is 32.2. The number of carbonyl (C=O) groups excluding carboxylic acids is 1. The second-order valence-corrected chi connectivity index (χ2v) is 9.75. The fourth-order valence-corrected chi connectivity index (χ4v) is 5.20. The van der Waals surface area contributed by atoms with E-state index in [1.54, 1.807) is 12.1 Å². The number of hydrogen-bond acceptors (Lipinski definition) is 4. The second kappa shape index (κ2) is 7.11. The first kappa shape index (κ1) is 18.2. The van der Waals surface area contributed by atoms with Crippen LogP contribution in [0.5, 0.6) is 0 Å². The first-order chi connectivity index (χ1) is 12.9. The molecular formula is C20H25N3O3S. The molecule has 2 aliphatic rings. The van der Waals surface area contributed by atoms with E-state index in [2.05, 4.69) is 14.5 Å². The van der Waals surface area contributed by atoms with E-state index in [9.17, 15) is 13.2 Å². The molecule has 2 bridgehead atoms. The molecule has 27 heavy (non-hydrogen) atoms. The van der Waals surface area contributed by atoms with Gasteiger partial charge in [0, 0.05) is 43.2 Å². The second-order valence-electron chi connectivity index (χ2n) is 7.74. The van der Waals surface area contributed by atoms with Crippen LogP contribution in [0.3, 0.4) is 0 Å². The lowest BCUT2D eigenvalue weighted by Gasteiger charge is -2.39. The molecule has 2 fully saturated rings. The molecule has 7 heteroatoms. The highest BCUT2D eigenvalue weighted by Gasteiger charge is 2.43. The Bertz CT molecular complexity index is 892. The van der Waals surface area contributed by atoms with Gasteiger partial charge in [-0.05, 0) is 49.8 Å². The van der Waals surface area contributed by atoms with Crippen molar-refractivity contribution in [2.45, 2.75) is 61.5 Å². The largest absolute Gasteiger partial charge is 0.337 e. The van der Waals surface area contributed by atoms with Gasteiger partial charge in [0.25, 0.3) is 0 Å². The number of aryl methyl sites for hydroxylation is 1. The quantitative estimate of drug-likeness (QED) is 0.791. The van der Waals surface area contributed by atoms with Crippen LogP contribution in [0.15, 0.2) is 47.9 Å². The van der Waals surface area contributed by atoms with Crippen molar-refractivity contribution in [1.29, 1.82) is 0 Å². The normalized spacial score (nSPS) is 24.9. The number of fused-ring (bicyclic) bond motifs is 2. The molecule has 0 aliphatic carbocycles. The first-order valence-electron chi connectivity index (χ1n) is 9.49. The Morgan fingerprint density at radius 1 is 1.11 bits per heavy atom. The lowest BCUT2D eigenvalue weighted by Crippen LogP contribution is -2.46. The van der Waals surface area contributed by atoms with Crippen molar-refractivity contribution in [1.82, 2.24) is 14.5 Å². The highest BCUT2D eigenvalue weighted by Crippen LogP contribution is 2.41. The van der Waals surface area contributed by atoms with Crippen molar-refractivity contribution in [2.75, 3.05) is 6.26 Å². The average molecular weight is 388 g/mol. The van der Waals surface area contributed by atoms with Crippen LogP contribution in [-0.2, 0) is 21.1 Å². The molecule has 2 unspecified atom stereocenters. The number of nitrogens with zero attached hydrogens (tertiary/aromatic N) is 3. The van der Waals surface area contributed by atoms with E-state index in [1.807, 2.05) is 30.9 Å². The summed E-state index contributed by atoms with van der Waals surface area (Å²) in [6.45, 7) is 0. The summed E-state index contributed by atoms with van der Waals surface area (Å²) in [5.41, 5.74) is 0.997. The van der Waals surface area contributed by atoms with E-state index in [0.717, 1.165) is 31.2 Å². The van der Waals surface area contributed by atoms with Crippen LogP contribution in [0, 0.1) is 0 Å². The zero-order chi connectivity index (χ0) is 19.0. The van der Waals surface area contributed by atoms with Gasteiger partial charge in [0.1, 0.15) is 0 Å². The lowest BCUT2D eigenvalue weighted by molar-refractivity contribution is -0.136. The molecule has 0 saturated carbocycles. The number of rotatable bonds is 5. The van der Waals surface area contributed by atoms with E-state index in [-0.39, 0.29) is 5.91 Å². The molecule has 6 nitrogen and oxygen atoms in total. The summed E-state index contributed by atoms with van der Waals surface area (Å²) in [6, 6.07) is 7.96. The van der Waals surface area contributed by atoms with Gasteiger partial charge in [-0.15, -0.1) is 0 Å². The monoisotopic (exact) mass is 387 g/mol. The molecule has 0 radical (unpaired) electrons. The zero-order valence-corrected chi connectivity index (χ0v) is 16.3. The van der Waals surface area contributed by atoms with Crippen molar-refractivity contribution in [3.8, 4) is 0 Å². The van der Waals surface area contributed by atoms with Crippen LogP contribution < -0.4 is 0 Å². The van der Waals surface area contributed by atoms with Crippen molar-refractivity contribution in [2.24, 2.45) is 0 Å². The van der Waals surface area contributed by atoms with Gasteiger partial charge in [-0.25, -0.2) is 13.4 Å². The molecule has 144 valence electrons. The van der Waals surface area contributed by atoms with E-state index in [4.69, 9.17) is 0 Å². The molecule has 1 aromatic heterocycles. The number of sulfone groups is 1. The number of carbonyl (C=O) groups is 1. The average Bonchev–Trinajstić information content (AvgIpc) is 3.26. The summed E-state index contributed by atoms with van der Waals surface area (Å²) in [7, 11) is -3.18. The van der Waals surface area contributed by atoms with Crippen LogP contribution >= 0.6 is 0 Å². The summed E-state index contributed by atoms with van der Waals surface area (Å²) in [5.74, 6) is 0.221. The molecule has 1 amide bonds. The summed E-state index contributed by atoms with van der Waals surface area (Å²) in [6.07, 6.45) is 12.2. The van der Waals surface area contributed by atoms with E-state index in [1.165, 1.54) is 6.26 Å². The third-order valence-corrected chi connectivity index (χ3v) is 7.05. The fourth-order valence-electron chi connectivity index (χ4n) is 4.57. The zero-order valence-electron chi connectivity index (χ0n) is 15.5. The van der Waals surface area contributed by atoms with Crippen LogP contribution in [0.2, 0.25) is 0 Å². The molecule has 2 atom stereocenters. The van der Waals surface area contributed by atoms with E-state index in [0.29, 0.717) is 35.9 Å². The smallest absolute Gasteiger partial charge is 0.223 e. The maximum atomic E-state index is 12.9. The Hall–Kier alpha value is -2.15. The van der Waals surface area contributed by atoms with Gasteiger partial charge in [-0.3, -0.25) is 4.79 Å². The number of piperidine rings is 1. The minimum Gasteiger partial charge on any atom is -0.337 e. The molecule has 3 heterocycles. The van der Waals surface area contributed by atoms with Gasteiger partial charge in [-0.1, -0.05) is 12.1 Å². The SMILES string of the molecule is CS(=O)(=O)c1ccc(CCC(=O)N2C3CCC2CC(n2ccnc2)C3)cc1. The molecule has 0 N–H and O–H groups in total. The summed E-state index contributed by atoms with van der Waals surface area (Å²) < 4.78 is 25.3. The molecule has 4 rings (SSSR count). The third-order valence-electron chi connectivity index (χ3n) is 5.92. The predicted octanol–water partition coefficient (Wildman–Crippen LogP) is 2.61. The van der Waals surface area contributed by atoms with Gasteiger partial charge in [0.05, 0.1) is 11.2 Å². The third kappa shape index (κ3) is 3.78. The van der Waals surface area contributed by atoms with E-state index < -0.39 is 9.84 Å². The van der Waals surface area contributed by atoms with Crippen LogP contribution in [0.4, 0.5) is 0 Å². The van der Waals surface area contributed by atoms with Gasteiger partial charge >= 0.3 is 0 Å². The maximum absolute atomic E-state index is 12.9. The molecule has 0 spiro atoms. The standard InChI is InChI=1S/C20H25N3O3S/c1-27(25,26)19-7-2-15(3-8-19)4-9-20(24)23-16-5-6-17(23)13-18(12-16)22-11-10-21-14-22/h2-3,7-8,10-11,14,16-18H,4-6,9,12-13H2,1H3. The molecule has 2 aliphatic heterocycles. The van der Waals surface area contributed by atoms with Gasteiger partial charge in [0.15, 0.2) is 9.84 Å². The Labute approximate surface area is 160 Å². The Kier molecular flexibility index (Phi) is 4.80. The van der Waals surface area contributed by atoms with Crippen molar-refractivity contribution in [3.63, 3.8) is 0 Å².